The van der Waals surface area contributed by atoms with Crippen LogP contribution < -0.4 is 0 Å². The van der Waals surface area contributed by atoms with Crippen LogP contribution in [0.1, 0.15) is 91.4 Å². The quantitative estimate of drug-likeness (QED) is 0.193. The first kappa shape index (κ1) is 30.8. The summed E-state index contributed by atoms with van der Waals surface area (Å²) in [5.41, 5.74) is -1.99. The topological polar surface area (TPSA) is 96.4 Å². The van der Waals surface area contributed by atoms with Gasteiger partial charge >= 0.3 is 5.97 Å². The number of carbonyl (C=O) groups is 3. The Morgan fingerprint density at radius 1 is 1.20 bits per heavy atom. The molecule has 1 aliphatic carbocycles. The highest BCUT2D eigenvalue weighted by atomic mass is 16.6. The summed E-state index contributed by atoms with van der Waals surface area (Å²) in [6, 6.07) is -1.37. The summed E-state index contributed by atoms with van der Waals surface area (Å²) in [6.45, 7) is 14.0. The fourth-order valence-corrected chi connectivity index (χ4v) is 7.93. The standard InChI is InChI=1S/C32H50N2O6/c1-6-9-10-14-20-39-30(38)26-25-28(36)34(24(21-35)22(4)8-3)27(32(25)18-17-31(26,5)40-32)29(37)33(19-7-2)23-15-12-11-13-16-23/h6-7,22-27,35H,1-2,8-21H2,3-5H3/t22-,24-,25-,26-,27?,31+,32?/m0/s1. The second kappa shape index (κ2) is 12.8. The minimum atomic E-state index is -1.12. The molecule has 8 nitrogen and oxygen atoms in total. The summed E-state index contributed by atoms with van der Waals surface area (Å²) in [4.78, 5) is 46.3. The van der Waals surface area contributed by atoms with E-state index in [0.29, 0.717) is 19.4 Å². The van der Waals surface area contributed by atoms with Gasteiger partial charge in [-0.25, -0.2) is 0 Å². The Kier molecular flexibility index (Phi) is 9.82. The van der Waals surface area contributed by atoms with E-state index in [4.69, 9.17) is 9.47 Å². The molecule has 3 saturated heterocycles. The van der Waals surface area contributed by atoms with Crippen molar-refractivity contribution in [3.05, 3.63) is 25.3 Å². The van der Waals surface area contributed by atoms with Gasteiger partial charge in [-0.05, 0) is 57.8 Å². The van der Waals surface area contributed by atoms with Crippen LogP contribution in [0.4, 0.5) is 0 Å². The van der Waals surface area contributed by atoms with E-state index in [1.54, 1.807) is 11.0 Å². The number of esters is 1. The van der Waals surface area contributed by atoms with Crippen molar-refractivity contribution in [2.45, 2.75) is 121 Å². The summed E-state index contributed by atoms with van der Waals surface area (Å²) < 4.78 is 12.5. The van der Waals surface area contributed by atoms with E-state index >= 15 is 0 Å². The number of unbranched alkanes of at least 4 members (excludes halogenated alkanes) is 2. The van der Waals surface area contributed by atoms with Crippen LogP contribution in [0.2, 0.25) is 0 Å². The molecule has 40 heavy (non-hydrogen) atoms. The highest BCUT2D eigenvalue weighted by Crippen LogP contribution is 2.64. The first-order valence-electron chi connectivity index (χ1n) is 15.5. The van der Waals surface area contributed by atoms with E-state index in [0.717, 1.165) is 57.8 Å². The number of fused-ring (bicyclic) bond motifs is 1. The molecule has 0 aromatic carbocycles. The number of allylic oxidation sites excluding steroid dienone is 1. The van der Waals surface area contributed by atoms with Gasteiger partial charge in [-0.2, -0.15) is 0 Å². The molecule has 3 aliphatic heterocycles. The average Bonchev–Trinajstić information content (AvgIpc) is 3.52. The lowest BCUT2D eigenvalue weighted by Gasteiger charge is -2.43. The summed E-state index contributed by atoms with van der Waals surface area (Å²) in [6.07, 6.45) is 13.0. The number of ether oxygens (including phenoxy) is 2. The van der Waals surface area contributed by atoms with Crippen LogP contribution >= 0.6 is 0 Å². The molecule has 0 aromatic rings. The third-order valence-corrected chi connectivity index (χ3v) is 10.2. The van der Waals surface area contributed by atoms with Crippen LogP contribution in [0, 0.1) is 17.8 Å². The molecule has 4 aliphatic rings. The van der Waals surface area contributed by atoms with E-state index in [2.05, 4.69) is 13.2 Å². The van der Waals surface area contributed by atoms with Crippen molar-refractivity contribution in [2.75, 3.05) is 19.8 Å². The molecule has 4 rings (SSSR count). The Morgan fingerprint density at radius 3 is 2.55 bits per heavy atom. The summed E-state index contributed by atoms with van der Waals surface area (Å²) in [5, 5.41) is 10.6. The molecule has 224 valence electrons. The number of amides is 2. The Bertz CT molecular complexity index is 963. The lowest BCUT2D eigenvalue weighted by atomic mass is 9.66. The minimum Gasteiger partial charge on any atom is -0.465 e. The van der Waals surface area contributed by atoms with Gasteiger partial charge in [-0.15, -0.1) is 13.2 Å². The molecule has 2 bridgehead atoms. The van der Waals surface area contributed by atoms with Crippen molar-refractivity contribution in [1.82, 2.24) is 9.80 Å². The third-order valence-electron chi connectivity index (χ3n) is 10.2. The Balaban J connectivity index is 1.72. The molecule has 3 heterocycles. The average molecular weight is 559 g/mol. The van der Waals surface area contributed by atoms with Crippen molar-refractivity contribution < 1.29 is 29.0 Å². The predicted molar refractivity (Wildman–Crippen MR) is 153 cm³/mol. The fraction of sp³-hybridized carbons (Fsp3) is 0.781. The number of aliphatic hydroxyl groups is 1. The Labute approximate surface area is 240 Å². The van der Waals surface area contributed by atoms with Gasteiger partial charge in [-0.1, -0.05) is 51.7 Å². The molecule has 2 unspecified atom stereocenters. The van der Waals surface area contributed by atoms with E-state index in [1.807, 2.05) is 31.7 Å². The molecule has 0 aromatic heterocycles. The van der Waals surface area contributed by atoms with Gasteiger partial charge in [0.15, 0.2) is 0 Å². The first-order chi connectivity index (χ1) is 19.2. The number of rotatable bonds is 14. The second-order valence-corrected chi connectivity index (χ2v) is 12.6. The highest BCUT2D eigenvalue weighted by molar-refractivity contribution is 5.99. The number of aliphatic hydroxyl groups excluding tert-OH is 1. The smallest absolute Gasteiger partial charge is 0.312 e. The van der Waals surface area contributed by atoms with Gasteiger partial charge in [0.2, 0.25) is 11.8 Å². The van der Waals surface area contributed by atoms with Gasteiger partial charge in [-0.3, -0.25) is 14.4 Å². The molecule has 7 atom stereocenters. The SMILES string of the molecule is C=CCCCCOC(=O)[C@@H]1[C@H]2C(=O)N([C@@H](CO)[C@@H](C)CC)C(C(=O)N(CC=C)C3CCCCC3)C23CC[C@@]1(C)O3. The van der Waals surface area contributed by atoms with Gasteiger partial charge < -0.3 is 24.4 Å². The number of carbonyl (C=O) groups excluding carboxylic acids is 3. The van der Waals surface area contributed by atoms with Crippen molar-refractivity contribution in [3.8, 4) is 0 Å². The molecule has 4 fully saturated rings. The minimum absolute atomic E-state index is 0.0370. The van der Waals surface area contributed by atoms with Gasteiger partial charge in [0.1, 0.15) is 17.6 Å². The maximum Gasteiger partial charge on any atom is 0.312 e. The third kappa shape index (κ3) is 5.26. The van der Waals surface area contributed by atoms with Crippen molar-refractivity contribution in [1.29, 1.82) is 0 Å². The fourth-order valence-electron chi connectivity index (χ4n) is 7.93. The lowest BCUT2D eigenvalue weighted by molar-refractivity contribution is -0.163. The predicted octanol–water partition coefficient (Wildman–Crippen LogP) is 4.40. The second-order valence-electron chi connectivity index (χ2n) is 12.6. The molecule has 1 saturated carbocycles. The van der Waals surface area contributed by atoms with Crippen molar-refractivity contribution >= 4 is 17.8 Å². The number of hydrogen-bond acceptors (Lipinski definition) is 6. The monoisotopic (exact) mass is 558 g/mol. The molecular formula is C32H50N2O6. The van der Waals surface area contributed by atoms with Crippen molar-refractivity contribution in [2.24, 2.45) is 17.8 Å². The lowest BCUT2D eigenvalue weighted by Crippen LogP contribution is -2.61. The molecule has 8 heteroatoms. The van der Waals surface area contributed by atoms with Crippen LogP contribution in [0.25, 0.3) is 0 Å². The van der Waals surface area contributed by atoms with Gasteiger partial charge in [0.25, 0.3) is 0 Å². The highest BCUT2D eigenvalue weighted by Gasteiger charge is 2.79. The van der Waals surface area contributed by atoms with Crippen LogP contribution in [-0.2, 0) is 23.9 Å². The summed E-state index contributed by atoms with van der Waals surface area (Å²) >= 11 is 0. The largest absolute Gasteiger partial charge is 0.465 e. The number of likely N-dealkylation sites (tertiary alicyclic amines) is 1. The van der Waals surface area contributed by atoms with Crippen molar-refractivity contribution in [3.63, 3.8) is 0 Å². The maximum atomic E-state index is 14.7. The molecule has 1 N–H and O–H groups in total. The van der Waals surface area contributed by atoms with E-state index in [1.165, 1.54) is 0 Å². The van der Waals surface area contributed by atoms with Crippen LogP contribution in [0.15, 0.2) is 25.3 Å². The Morgan fingerprint density at radius 2 is 1.93 bits per heavy atom. The van der Waals surface area contributed by atoms with Gasteiger partial charge in [0, 0.05) is 12.6 Å². The van der Waals surface area contributed by atoms with E-state index < -0.39 is 41.1 Å². The summed E-state index contributed by atoms with van der Waals surface area (Å²) in [7, 11) is 0. The molecule has 2 amide bonds. The Hall–Kier alpha value is -2.19. The molecule has 1 spiro atoms. The van der Waals surface area contributed by atoms with Crippen LogP contribution in [0.5, 0.6) is 0 Å². The van der Waals surface area contributed by atoms with E-state index in [9.17, 15) is 19.5 Å². The van der Waals surface area contributed by atoms with E-state index in [-0.39, 0.29) is 37.0 Å². The molecular weight excluding hydrogens is 508 g/mol. The normalized spacial score (nSPS) is 33.0. The number of hydrogen-bond donors (Lipinski definition) is 1. The number of nitrogens with zero attached hydrogens (tertiary/aromatic N) is 2. The zero-order chi connectivity index (χ0) is 29.1. The first-order valence-corrected chi connectivity index (χ1v) is 15.5. The molecule has 0 radical (unpaired) electrons. The maximum absolute atomic E-state index is 14.7. The van der Waals surface area contributed by atoms with Crippen LogP contribution in [0.3, 0.4) is 0 Å². The zero-order valence-corrected chi connectivity index (χ0v) is 24.8. The van der Waals surface area contributed by atoms with Crippen LogP contribution in [-0.4, -0.2) is 81.8 Å². The zero-order valence-electron chi connectivity index (χ0n) is 24.8. The summed E-state index contributed by atoms with van der Waals surface area (Å²) in [5.74, 6) is -2.47. The van der Waals surface area contributed by atoms with Gasteiger partial charge in [0.05, 0.1) is 30.8 Å².